The standard InChI is InChI=1S/C21H23ClN4O5S/c1-12-10-13(4-5-14(12)18(28)26-9-8-23-16(27)11-26)24-19(29)21(2,3)25-20(30)31-17-7-6-15(22)32-17/h4-7,10H,8-9,11H2,1-3H3,(H,23,27)(H,24,29)(H,25,30). The molecular weight excluding hydrogens is 456 g/mol. The van der Waals surface area contributed by atoms with E-state index in [1.165, 1.54) is 18.7 Å². The van der Waals surface area contributed by atoms with E-state index in [0.717, 1.165) is 11.3 Å². The maximum atomic E-state index is 12.7. The average molecular weight is 479 g/mol. The molecule has 3 rings (SSSR count). The highest BCUT2D eigenvalue weighted by Gasteiger charge is 2.31. The Morgan fingerprint density at radius 1 is 1.22 bits per heavy atom. The van der Waals surface area contributed by atoms with E-state index in [1.807, 2.05) is 0 Å². The van der Waals surface area contributed by atoms with Gasteiger partial charge in [-0.2, -0.15) is 0 Å². The fraction of sp³-hybridized carbons (Fsp3) is 0.333. The van der Waals surface area contributed by atoms with Crippen molar-refractivity contribution in [2.24, 2.45) is 0 Å². The highest BCUT2D eigenvalue weighted by molar-refractivity contribution is 7.17. The fourth-order valence-corrected chi connectivity index (χ4v) is 3.91. The lowest BCUT2D eigenvalue weighted by Gasteiger charge is -2.27. The topological polar surface area (TPSA) is 117 Å². The van der Waals surface area contributed by atoms with Crippen LogP contribution in [0.25, 0.3) is 0 Å². The number of hydrogen-bond acceptors (Lipinski definition) is 6. The Bertz CT molecular complexity index is 1070. The molecule has 0 spiro atoms. The molecule has 2 heterocycles. The van der Waals surface area contributed by atoms with Crippen LogP contribution in [0.2, 0.25) is 4.34 Å². The zero-order chi connectivity index (χ0) is 23.5. The molecular formula is C21H23ClN4O5S. The molecule has 3 N–H and O–H groups in total. The van der Waals surface area contributed by atoms with Gasteiger partial charge in [-0.05, 0) is 56.7 Å². The average Bonchev–Trinajstić information content (AvgIpc) is 3.11. The monoisotopic (exact) mass is 478 g/mol. The minimum atomic E-state index is -1.28. The van der Waals surface area contributed by atoms with Crippen LogP contribution in [-0.2, 0) is 9.59 Å². The first-order valence-corrected chi connectivity index (χ1v) is 11.0. The van der Waals surface area contributed by atoms with Gasteiger partial charge in [0.1, 0.15) is 5.54 Å². The van der Waals surface area contributed by atoms with Crippen molar-refractivity contribution in [3.8, 4) is 5.06 Å². The van der Waals surface area contributed by atoms with Crippen LogP contribution in [0.15, 0.2) is 30.3 Å². The molecule has 4 amide bonds. The van der Waals surface area contributed by atoms with E-state index in [0.29, 0.717) is 39.3 Å². The van der Waals surface area contributed by atoms with Crippen molar-refractivity contribution < 1.29 is 23.9 Å². The first kappa shape index (κ1) is 23.6. The molecule has 1 aliphatic heterocycles. The first-order valence-electron chi connectivity index (χ1n) is 9.78. The summed E-state index contributed by atoms with van der Waals surface area (Å²) in [6.45, 7) is 5.70. The van der Waals surface area contributed by atoms with Crippen LogP contribution in [0.4, 0.5) is 10.5 Å². The van der Waals surface area contributed by atoms with Gasteiger partial charge < -0.3 is 25.6 Å². The molecule has 0 unspecified atom stereocenters. The predicted molar refractivity (Wildman–Crippen MR) is 121 cm³/mol. The van der Waals surface area contributed by atoms with Gasteiger partial charge in [-0.25, -0.2) is 4.79 Å². The molecule has 0 bridgehead atoms. The van der Waals surface area contributed by atoms with Gasteiger partial charge in [-0.3, -0.25) is 14.4 Å². The number of aryl methyl sites for hydroxylation is 1. The van der Waals surface area contributed by atoms with E-state index in [4.69, 9.17) is 16.3 Å². The molecule has 170 valence electrons. The largest absolute Gasteiger partial charge is 0.414 e. The van der Waals surface area contributed by atoms with Crippen LogP contribution in [0, 0.1) is 6.92 Å². The van der Waals surface area contributed by atoms with Crippen molar-refractivity contribution in [2.75, 3.05) is 25.0 Å². The minimum absolute atomic E-state index is 0.0183. The molecule has 0 radical (unpaired) electrons. The molecule has 1 fully saturated rings. The second-order valence-corrected chi connectivity index (χ2v) is 9.44. The number of nitrogens with one attached hydrogen (secondary N) is 3. The van der Waals surface area contributed by atoms with Crippen molar-refractivity contribution in [2.45, 2.75) is 26.3 Å². The van der Waals surface area contributed by atoms with Crippen molar-refractivity contribution in [1.29, 1.82) is 0 Å². The first-order chi connectivity index (χ1) is 15.0. The SMILES string of the molecule is Cc1cc(NC(=O)C(C)(C)NC(=O)Oc2ccc(Cl)s2)ccc1C(=O)N1CCNC(=O)C1. The molecule has 1 aromatic heterocycles. The van der Waals surface area contributed by atoms with Gasteiger partial charge >= 0.3 is 6.09 Å². The fourth-order valence-electron chi connectivity index (χ4n) is 3.03. The van der Waals surface area contributed by atoms with E-state index in [1.54, 1.807) is 37.3 Å². The highest BCUT2D eigenvalue weighted by atomic mass is 35.5. The summed E-state index contributed by atoms with van der Waals surface area (Å²) in [6, 6.07) is 8.03. The molecule has 32 heavy (non-hydrogen) atoms. The second-order valence-electron chi connectivity index (χ2n) is 7.76. The molecule has 0 saturated carbocycles. The number of anilines is 1. The smallest absolute Gasteiger partial charge is 0.399 e. The molecule has 1 saturated heterocycles. The summed E-state index contributed by atoms with van der Waals surface area (Å²) < 4.78 is 5.61. The van der Waals surface area contributed by atoms with E-state index in [-0.39, 0.29) is 18.4 Å². The van der Waals surface area contributed by atoms with Gasteiger partial charge in [0.05, 0.1) is 10.9 Å². The Hall–Kier alpha value is -3.11. The van der Waals surface area contributed by atoms with E-state index in [9.17, 15) is 19.2 Å². The Kier molecular flexibility index (Phi) is 7.05. The van der Waals surface area contributed by atoms with Gasteiger partial charge in [-0.1, -0.05) is 22.9 Å². The Morgan fingerprint density at radius 2 is 1.97 bits per heavy atom. The molecule has 9 nitrogen and oxygen atoms in total. The Balaban J connectivity index is 1.62. The number of carbonyl (C=O) groups is 4. The minimum Gasteiger partial charge on any atom is -0.399 e. The summed E-state index contributed by atoms with van der Waals surface area (Å²) in [4.78, 5) is 50.6. The predicted octanol–water partition coefficient (Wildman–Crippen LogP) is 2.79. The molecule has 2 aromatic rings. The number of hydrogen-bond donors (Lipinski definition) is 3. The van der Waals surface area contributed by atoms with E-state index in [2.05, 4.69) is 16.0 Å². The van der Waals surface area contributed by atoms with Crippen LogP contribution in [0.5, 0.6) is 5.06 Å². The Morgan fingerprint density at radius 3 is 2.59 bits per heavy atom. The number of nitrogens with zero attached hydrogens (tertiary/aromatic N) is 1. The number of carbonyl (C=O) groups excluding carboxylic acids is 4. The van der Waals surface area contributed by atoms with Gasteiger partial charge in [0.25, 0.3) is 5.91 Å². The summed E-state index contributed by atoms with van der Waals surface area (Å²) in [5.74, 6) is -0.903. The van der Waals surface area contributed by atoms with E-state index >= 15 is 0 Å². The summed E-state index contributed by atoms with van der Waals surface area (Å²) in [6.07, 6.45) is -0.786. The third kappa shape index (κ3) is 5.77. The maximum Gasteiger partial charge on any atom is 0.414 e. The number of halogens is 1. The van der Waals surface area contributed by atoms with Gasteiger partial charge in [0.2, 0.25) is 11.8 Å². The van der Waals surface area contributed by atoms with Gasteiger partial charge in [0.15, 0.2) is 5.06 Å². The molecule has 1 aliphatic rings. The zero-order valence-corrected chi connectivity index (χ0v) is 19.4. The van der Waals surface area contributed by atoms with Crippen LogP contribution in [0.3, 0.4) is 0 Å². The lowest BCUT2D eigenvalue weighted by Crippen LogP contribution is -2.53. The normalized spacial score (nSPS) is 13.9. The number of piperazine rings is 1. The summed E-state index contributed by atoms with van der Waals surface area (Å²) in [7, 11) is 0. The van der Waals surface area contributed by atoms with Crippen LogP contribution < -0.4 is 20.7 Å². The number of thiophene rings is 1. The van der Waals surface area contributed by atoms with Crippen molar-refractivity contribution in [3.05, 3.63) is 45.8 Å². The molecule has 1 aromatic carbocycles. The molecule has 11 heteroatoms. The Labute approximate surface area is 194 Å². The zero-order valence-electron chi connectivity index (χ0n) is 17.8. The number of rotatable bonds is 5. The van der Waals surface area contributed by atoms with Gasteiger partial charge in [0, 0.05) is 24.3 Å². The second kappa shape index (κ2) is 9.58. The quantitative estimate of drug-likeness (QED) is 0.611. The lowest BCUT2D eigenvalue weighted by molar-refractivity contribution is -0.123. The molecule has 0 atom stereocenters. The van der Waals surface area contributed by atoms with Crippen molar-refractivity contribution in [3.63, 3.8) is 0 Å². The van der Waals surface area contributed by atoms with Crippen LogP contribution in [-0.4, -0.2) is 53.9 Å². The highest BCUT2D eigenvalue weighted by Crippen LogP contribution is 2.28. The number of benzene rings is 1. The number of amides is 4. The number of ether oxygens (including phenoxy) is 1. The summed E-state index contributed by atoms with van der Waals surface area (Å²) in [5, 5.41) is 8.24. The third-order valence-corrected chi connectivity index (χ3v) is 5.87. The summed E-state index contributed by atoms with van der Waals surface area (Å²) >= 11 is 6.91. The third-order valence-electron chi connectivity index (χ3n) is 4.76. The maximum absolute atomic E-state index is 12.7. The van der Waals surface area contributed by atoms with E-state index < -0.39 is 17.5 Å². The molecule has 0 aliphatic carbocycles. The summed E-state index contributed by atoms with van der Waals surface area (Å²) in [5.41, 5.74) is 0.294. The van der Waals surface area contributed by atoms with Crippen molar-refractivity contribution in [1.82, 2.24) is 15.5 Å². The van der Waals surface area contributed by atoms with Gasteiger partial charge in [-0.15, -0.1) is 0 Å². The van der Waals surface area contributed by atoms with Crippen molar-refractivity contribution >= 4 is 52.4 Å². The lowest BCUT2D eigenvalue weighted by atomic mass is 10.0. The van der Waals surface area contributed by atoms with Crippen LogP contribution in [0.1, 0.15) is 29.8 Å². The van der Waals surface area contributed by atoms with Crippen LogP contribution >= 0.6 is 22.9 Å².